The number of anilines is 1. The van der Waals surface area contributed by atoms with Gasteiger partial charge in [0.1, 0.15) is 11.5 Å². The molecule has 0 heterocycles. The summed E-state index contributed by atoms with van der Waals surface area (Å²) in [5, 5.41) is 13.8. The molecule has 0 unspecified atom stereocenters. The lowest BCUT2D eigenvalue weighted by molar-refractivity contribution is -0.383. The molecule has 2 aromatic rings. The maximum atomic E-state index is 14.0. The van der Waals surface area contributed by atoms with Crippen molar-refractivity contribution >= 4 is 33.2 Å². The Kier molecular flexibility index (Phi) is 6.85. The van der Waals surface area contributed by atoms with Gasteiger partial charge in [-0.15, -0.1) is 6.58 Å². The third-order valence-corrected chi connectivity index (χ3v) is 4.10. The number of nitro benzene ring substituents is 1. The summed E-state index contributed by atoms with van der Waals surface area (Å²) in [5.41, 5.74) is 0.493. The molecule has 0 aromatic heterocycles. The molecule has 8 heteroatoms. The lowest BCUT2D eigenvalue weighted by atomic mass is 10.2. The highest BCUT2D eigenvalue weighted by Crippen LogP contribution is 2.23. The van der Waals surface area contributed by atoms with Crippen molar-refractivity contribution < 1.29 is 14.1 Å². The minimum atomic E-state index is -0.523. The predicted molar refractivity (Wildman–Crippen MR) is 101 cm³/mol. The van der Waals surface area contributed by atoms with Crippen LogP contribution in [0.25, 0.3) is 0 Å². The highest BCUT2D eigenvalue weighted by atomic mass is 79.9. The molecule has 1 N–H and O–H groups in total. The first-order valence-corrected chi connectivity index (χ1v) is 8.51. The molecule has 0 saturated carbocycles. The number of para-hydroxylation sites is 2. The molecule has 0 spiro atoms. The van der Waals surface area contributed by atoms with Crippen molar-refractivity contribution in [1.82, 2.24) is 4.90 Å². The van der Waals surface area contributed by atoms with Gasteiger partial charge >= 0.3 is 0 Å². The average Bonchev–Trinajstić information content (AvgIpc) is 2.62. The number of benzene rings is 2. The van der Waals surface area contributed by atoms with Crippen LogP contribution < -0.4 is 5.32 Å². The van der Waals surface area contributed by atoms with Crippen LogP contribution in [-0.4, -0.2) is 28.8 Å². The van der Waals surface area contributed by atoms with E-state index in [1.54, 1.807) is 30.3 Å². The van der Waals surface area contributed by atoms with Gasteiger partial charge in [-0.1, -0.05) is 34.1 Å². The molecular weight excluding hydrogens is 405 g/mol. The predicted octanol–water partition coefficient (Wildman–Crippen LogP) is 4.12. The lowest BCUT2D eigenvalue weighted by Crippen LogP contribution is -2.35. The summed E-state index contributed by atoms with van der Waals surface area (Å²) in [6, 6.07) is 10.6. The first-order valence-electron chi connectivity index (χ1n) is 7.72. The van der Waals surface area contributed by atoms with Gasteiger partial charge in [0, 0.05) is 29.2 Å². The topological polar surface area (TPSA) is 75.5 Å². The van der Waals surface area contributed by atoms with E-state index in [2.05, 4.69) is 27.8 Å². The molecule has 0 saturated heterocycles. The maximum Gasteiger partial charge on any atom is 0.292 e. The van der Waals surface area contributed by atoms with Crippen molar-refractivity contribution in [1.29, 1.82) is 0 Å². The molecule has 0 aliphatic carbocycles. The van der Waals surface area contributed by atoms with Gasteiger partial charge in [-0.05, 0) is 24.3 Å². The zero-order chi connectivity index (χ0) is 19.1. The van der Waals surface area contributed by atoms with Gasteiger partial charge in [0.15, 0.2) is 0 Å². The highest BCUT2D eigenvalue weighted by Gasteiger charge is 2.17. The van der Waals surface area contributed by atoms with E-state index in [1.165, 1.54) is 23.1 Å². The Bertz CT molecular complexity index is 829. The number of nitro groups is 1. The van der Waals surface area contributed by atoms with Gasteiger partial charge in [-0.3, -0.25) is 14.9 Å². The molecule has 6 nitrogen and oxygen atoms in total. The van der Waals surface area contributed by atoms with Gasteiger partial charge in [-0.25, -0.2) is 4.39 Å². The zero-order valence-corrected chi connectivity index (χ0v) is 15.4. The van der Waals surface area contributed by atoms with Crippen LogP contribution in [-0.2, 0) is 11.3 Å². The number of amides is 1. The van der Waals surface area contributed by atoms with Crippen LogP contribution >= 0.6 is 15.9 Å². The Hall–Kier alpha value is -2.74. The van der Waals surface area contributed by atoms with Crippen LogP contribution in [0.1, 0.15) is 5.56 Å². The van der Waals surface area contributed by atoms with Crippen molar-refractivity contribution in [3.8, 4) is 0 Å². The number of rotatable bonds is 8. The van der Waals surface area contributed by atoms with Crippen LogP contribution in [0.5, 0.6) is 0 Å². The van der Waals surface area contributed by atoms with E-state index in [1.807, 2.05) is 0 Å². The second kappa shape index (κ2) is 9.10. The Morgan fingerprint density at radius 3 is 2.77 bits per heavy atom. The minimum Gasteiger partial charge on any atom is -0.371 e. The van der Waals surface area contributed by atoms with E-state index in [-0.39, 0.29) is 36.9 Å². The normalized spacial score (nSPS) is 10.2. The van der Waals surface area contributed by atoms with Crippen LogP contribution in [0, 0.1) is 15.9 Å². The monoisotopic (exact) mass is 421 g/mol. The van der Waals surface area contributed by atoms with Gasteiger partial charge in [0.05, 0.1) is 11.5 Å². The molecule has 2 aromatic carbocycles. The second-order valence-corrected chi connectivity index (χ2v) is 6.34. The summed E-state index contributed by atoms with van der Waals surface area (Å²) in [5.74, 6) is -0.746. The van der Waals surface area contributed by atoms with E-state index in [0.717, 1.165) is 0 Å². The van der Waals surface area contributed by atoms with E-state index in [9.17, 15) is 19.3 Å². The largest absolute Gasteiger partial charge is 0.371 e. The van der Waals surface area contributed by atoms with E-state index in [0.29, 0.717) is 10.0 Å². The molecule has 26 heavy (non-hydrogen) atoms. The lowest BCUT2D eigenvalue weighted by Gasteiger charge is -2.22. The molecule has 1 amide bonds. The first kappa shape index (κ1) is 19.6. The Labute approximate surface area is 158 Å². The van der Waals surface area contributed by atoms with E-state index in [4.69, 9.17) is 0 Å². The number of nitrogens with zero attached hydrogens (tertiary/aromatic N) is 2. The van der Waals surface area contributed by atoms with Crippen LogP contribution in [0.15, 0.2) is 59.6 Å². The van der Waals surface area contributed by atoms with Gasteiger partial charge in [0.25, 0.3) is 5.69 Å². The van der Waals surface area contributed by atoms with Crippen LogP contribution in [0.4, 0.5) is 15.8 Å². The fourth-order valence-electron chi connectivity index (χ4n) is 2.35. The van der Waals surface area contributed by atoms with Crippen LogP contribution in [0.2, 0.25) is 0 Å². The Balaban J connectivity index is 2.10. The SMILES string of the molecule is C=CCN(Cc1cc(Br)ccc1F)C(=O)CNc1ccccc1[N+](=O)[O-]. The van der Waals surface area contributed by atoms with Crippen molar-refractivity contribution in [3.63, 3.8) is 0 Å². The zero-order valence-electron chi connectivity index (χ0n) is 13.8. The summed E-state index contributed by atoms with van der Waals surface area (Å²) < 4.78 is 14.7. The number of hydrogen-bond donors (Lipinski definition) is 1. The number of halogens is 2. The summed E-state index contributed by atoms with van der Waals surface area (Å²) in [6.07, 6.45) is 1.54. The van der Waals surface area contributed by atoms with E-state index >= 15 is 0 Å². The molecule has 2 rings (SSSR count). The number of nitrogens with one attached hydrogen (secondary N) is 1. The van der Waals surface area contributed by atoms with Crippen molar-refractivity contribution in [2.45, 2.75) is 6.54 Å². The number of hydrogen-bond acceptors (Lipinski definition) is 4. The van der Waals surface area contributed by atoms with Gasteiger partial charge in [-0.2, -0.15) is 0 Å². The van der Waals surface area contributed by atoms with Crippen LogP contribution in [0.3, 0.4) is 0 Å². The molecule has 0 aliphatic rings. The van der Waals surface area contributed by atoms with E-state index < -0.39 is 10.7 Å². The number of carbonyl (C=O) groups is 1. The molecular formula is C18H17BrFN3O3. The van der Waals surface area contributed by atoms with Crippen molar-refractivity contribution in [2.24, 2.45) is 0 Å². The standard InChI is InChI=1S/C18H17BrFN3O3/c1-2-9-22(12-13-10-14(19)7-8-15(13)20)18(24)11-21-16-5-3-4-6-17(16)23(25)26/h2-8,10,21H,1,9,11-12H2. The molecule has 0 bridgehead atoms. The summed E-state index contributed by atoms with van der Waals surface area (Å²) in [4.78, 5) is 24.4. The first-order chi connectivity index (χ1) is 12.4. The fourth-order valence-corrected chi connectivity index (χ4v) is 2.75. The third-order valence-electron chi connectivity index (χ3n) is 3.60. The maximum absolute atomic E-state index is 14.0. The quantitative estimate of drug-likeness (QED) is 0.395. The fraction of sp³-hybridized carbons (Fsp3) is 0.167. The second-order valence-electron chi connectivity index (χ2n) is 5.43. The Morgan fingerprint density at radius 2 is 2.08 bits per heavy atom. The number of carbonyl (C=O) groups excluding carboxylic acids is 1. The minimum absolute atomic E-state index is 0.0642. The third kappa shape index (κ3) is 5.13. The average molecular weight is 422 g/mol. The molecule has 0 atom stereocenters. The molecule has 0 aliphatic heterocycles. The molecule has 0 radical (unpaired) electrons. The summed E-state index contributed by atoms with van der Waals surface area (Å²) >= 11 is 3.28. The van der Waals surface area contributed by atoms with Crippen molar-refractivity contribution in [3.05, 3.63) is 81.1 Å². The summed E-state index contributed by atoms with van der Waals surface area (Å²) in [7, 11) is 0. The van der Waals surface area contributed by atoms with Gasteiger partial charge < -0.3 is 10.2 Å². The smallest absolute Gasteiger partial charge is 0.292 e. The van der Waals surface area contributed by atoms with Crippen molar-refractivity contribution in [2.75, 3.05) is 18.4 Å². The molecule has 136 valence electrons. The molecule has 0 fully saturated rings. The summed E-state index contributed by atoms with van der Waals surface area (Å²) in [6.45, 7) is 3.74. The van der Waals surface area contributed by atoms with Gasteiger partial charge in [0.2, 0.25) is 5.91 Å². The Morgan fingerprint density at radius 1 is 1.35 bits per heavy atom. The highest BCUT2D eigenvalue weighted by molar-refractivity contribution is 9.10.